The number of alkyl halides is 2. The molecule has 2 rings (SSSR count). The van der Waals surface area contributed by atoms with E-state index >= 15 is 0 Å². The van der Waals surface area contributed by atoms with Gasteiger partial charge in [-0.05, 0) is 25.1 Å². The van der Waals surface area contributed by atoms with Crippen molar-refractivity contribution in [2.45, 2.75) is 25.0 Å². The molecule has 1 aromatic carbocycles. The standard InChI is InChI=1S/C12H14F3N3O/c1-6-10(17)18-12(5-19-6,11(14)15)8-4-7(16)2-3-9(8)13/h2-4,6,11H,5,16H2,1H3,(H2,17,18). The summed E-state index contributed by atoms with van der Waals surface area (Å²) in [6.07, 6.45) is -3.54. The number of nitrogens with zero attached hydrogens (tertiary/aromatic N) is 1. The smallest absolute Gasteiger partial charge is 0.269 e. The van der Waals surface area contributed by atoms with Crippen LogP contribution in [0.25, 0.3) is 0 Å². The number of ether oxygens (including phenoxy) is 1. The summed E-state index contributed by atoms with van der Waals surface area (Å²) < 4.78 is 45.8. The largest absolute Gasteiger partial charge is 0.399 e. The Bertz CT molecular complexity index is 521. The fourth-order valence-corrected chi connectivity index (χ4v) is 1.93. The van der Waals surface area contributed by atoms with Gasteiger partial charge in [0.05, 0.1) is 6.61 Å². The van der Waals surface area contributed by atoms with Crippen LogP contribution < -0.4 is 11.5 Å². The fraction of sp³-hybridized carbons (Fsp3) is 0.417. The molecule has 0 fully saturated rings. The van der Waals surface area contributed by atoms with Crippen molar-refractivity contribution in [3.05, 3.63) is 29.6 Å². The molecule has 104 valence electrons. The number of halogens is 3. The molecule has 19 heavy (non-hydrogen) atoms. The van der Waals surface area contributed by atoms with E-state index in [0.29, 0.717) is 0 Å². The summed E-state index contributed by atoms with van der Waals surface area (Å²) in [4.78, 5) is 3.79. The van der Waals surface area contributed by atoms with Gasteiger partial charge < -0.3 is 16.2 Å². The molecule has 0 saturated heterocycles. The molecule has 2 atom stereocenters. The van der Waals surface area contributed by atoms with E-state index in [1.165, 1.54) is 6.07 Å². The molecule has 0 amide bonds. The molecular formula is C12H14F3N3O. The van der Waals surface area contributed by atoms with Crippen molar-refractivity contribution in [3.63, 3.8) is 0 Å². The van der Waals surface area contributed by atoms with Crippen molar-refractivity contribution in [1.29, 1.82) is 0 Å². The third kappa shape index (κ3) is 2.25. The van der Waals surface area contributed by atoms with Gasteiger partial charge in [-0.25, -0.2) is 13.2 Å². The van der Waals surface area contributed by atoms with Gasteiger partial charge in [-0.15, -0.1) is 0 Å². The van der Waals surface area contributed by atoms with E-state index in [9.17, 15) is 13.2 Å². The summed E-state index contributed by atoms with van der Waals surface area (Å²) in [6.45, 7) is 1.14. The van der Waals surface area contributed by atoms with Crippen LogP contribution in [0.4, 0.5) is 18.9 Å². The van der Waals surface area contributed by atoms with Gasteiger partial charge in [-0.3, -0.25) is 4.99 Å². The van der Waals surface area contributed by atoms with Crippen LogP contribution in [0.5, 0.6) is 0 Å². The van der Waals surface area contributed by atoms with Crippen LogP contribution in [-0.2, 0) is 10.3 Å². The van der Waals surface area contributed by atoms with Crippen LogP contribution in [0, 0.1) is 5.82 Å². The molecule has 0 aromatic heterocycles. The van der Waals surface area contributed by atoms with Crippen molar-refractivity contribution >= 4 is 11.5 Å². The lowest BCUT2D eigenvalue weighted by Crippen LogP contribution is -2.48. The Morgan fingerprint density at radius 2 is 2.11 bits per heavy atom. The summed E-state index contributed by atoms with van der Waals surface area (Å²) in [7, 11) is 0. The summed E-state index contributed by atoms with van der Waals surface area (Å²) >= 11 is 0. The highest BCUT2D eigenvalue weighted by atomic mass is 19.3. The third-order valence-electron chi connectivity index (χ3n) is 3.12. The predicted molar refractivity (Wildman–Crippen MR) is 65.5 cm³/mol. The average molecular weight is 273 g/mol. The number of aliphatic imine (C=N–C) groups is 1. The Labute approximate surface area is 108 Å². The molecule has 4 nitrogen and oxygen atoms in total. The monoisotopic (exact) mass is 273 g/mol. The molecule has 1 heterocycles. The lowest BCUT2D eigenvalue weighted by atomic mass is 9.89. The topological polar surface area (TPSA) is 73.6 Å². The Hall–Kier alpha value is -1.76. The molecule has 2 unspecified atom stereocenters. The van der Waals surface area contributed by atoms with Crippen LogP contribution in [0.2, 0.25) is 0 Å². The Kier molecular flexibility index (Phi) is 3.40. The minimum atomic E-state index is -2.96. The van der Waals surface area contributed by atoms with Gasteiger partial charge in [0, 0.05) is 11.3 Å². The molecule has 0 radical (unpaired) electrons. The zero-order chi connectivity index (χ0) is 14.2. The molecular weight excluding hydrogens is 259 g/mol. The third-order valence-corrected chi connectivity index (χ3v) is 3.12. The molecule has 7 heteroatoms. The predicted octanol–water partition coefficient (Wildman–Crippen LogP) is 1.64. The second kappa shape index (κ2) is 4.73. The van der Waals surface area contributed by atoms with Crippen LogP contribution in [0.15, 0.2) is 23.2 Å². The SMILES string of the molecule is CC1OCC(c2cc(N)ccc2F)(C(F)F)N=C1N. The van der Waals surface area contributed by atoms with Crippen molar-refractivity contribution in [2.75, 3.05) is 12.3 Å². The summed E-state index contributed by atoms with van der Waals surface area (Å²) in [6, 6.07) is 3.45. The zero-order valence-corrected chi connectivity index (χ0v) is 10.2. The van der Waals surface area contributed by atoms with E-state index in [4.69, 9.17) is 16.2 Å². The molecule has 1 aliphatic heterocycles. The Morgan fingerprint density at radius 3 is 2.68 bits per heavy atom. The van der Waals surface area contributed by atoms with Gasteiger partial charge in [0.2, 0.25) is 0 Å². The summed E-state index contributed by atoms with van der Waals surface area (Å²) in [5.41, 5.74) is 8.80. The normalized spacial score (nSPS) is 27.4. The zero-order valence-electron chi connectivity index (χ0n) is 10.2. The first-order chi connectivity index (χ1) is 8.86. The van der Waals surface area contributed by atoms with Crippen LogP contribution in [-0.4, -0.2) is 25.0 Å². The number of benzene rings is 1. The maximum absolute atomic E-state index is 13.8. The highest BCUT2D eigenvalue weighted by Gasteiger charge is 2.47. The Balaban J connectivity index is 2.61. The molecule has 0 spiro atoms. The van der Waals surface area contributed by atoms with Gasteiger partial charge in [0.1, 0.15) is 17.8 Å². The fourth-order valence-electron chi connectivity index (χ4n) is 1.93. The van der Waals surface area contributed by atoms with Crippen molar-refractivity contribution in [1.82, 2.24) is 0 Å². The second-order valence-corrected chi connectivity index (χ2v) is 4.45. The lowest BCUT2D eigenvalue weighted by molar-refractivity contribution is -0.0340. The van der Waals surface area contributed by atoms with E-state index in [1.807, 2.05) is 0 Å². The molecule has 1 aromatic rings. The van der Waals surface area contributed by atoms with Crippen LogP contribution in [0.1, 0.15) is 12.5 Å². The number of amidine groups is 1. The first kappa shape index (κ1) is 13.7. The first-order valence-electron chi connectivity index (χ1n) is 5.67. The molecule has 1 aliphatic rings. The minimum Gasteiger partial charge on any atom is -0.399 e. The average Bonchev–Trinajstić information content (AvgIpc) is 2.35. The van der Waals surface area contributed by atoms with Gasteiger partial charge in [-0.2, -0.15) is 0 Å². The minimum absolute atomic E-state index is 0.0895. The number of hydrogen-bond donors (Lipinski definition) is 2. The maximum Gasteiger partial charge on any atom is 0.269 e. The van der Waals surface area contributed by atoms with Gasteiger partial charge in [0.25, 0.3) is 6.43 Å². The van der Waals surface area contributed by atoms with E-state index in [0.717, 1.165) is 12.1 Å². The van der Waals surface area contributed by atoms with E-state index in [2.05, 4.69) is 4.99 Å². The number of nitrogen functional groups attached to an aromatic ring is 1. The van der Waals surface area contributed by atoms with E-state index < -0.39 is 30.5 Å². The van der Waals surface area contributed by atoms with Gasteiger partial charge in [-0.1, -0.05) is 0 Å². The summed E-state index contributed by atoms with van der Waals surface area (Å²) in [5, 5.41) is 0. The van der Waals surface area contributed by atoms with Gasteiger partial charge in [0.15, 0.2) is 5.54 Å². The molecule has 0 bridgehead atoms. The maximum atomic E-state index is 13.8. The second-order valence-electron chi connectivity index (χ2n) is 4.45. The van der Waals surface area contributed by atoms with E-state index in [-0.39, 0.29) is 17.1 Å². The highest BCUT2D eigenvalue weighted by molar-refractivity contribution is 5.85. The Morgan fingerprint density at radius 1 is 1.42 bits per heavy atom. The molecule has 4 N–H and O–H groups in total. The van der Waals surface area contributed by atoms with Crippen LogP contribution in [0.3, 0.4) is 0 Å². The van der Waals surface area contributed by atoms with Crippen molar-refractivity contribution in [2.24, 2.45) is 10.7 Å². The van der Waals surface area contributed by atoms with Gasteiger partial charge >= 0.3 is 0 Å². The summed E-state index contributed by atoms with van der Waals surface area (Å²) in [5.74, 6) is -0.905. The molecule has 0 aliphatic carbocycles. The van der Waals surface area contributed by atoms with Crippen LogP contribution >= 0.6 is 0 Å². The first-order valence-corrected chi connectivity index (χ1v) is 5.67. The van der Waals surface area contributed by atoms with Crippen molar-refractivity contribution in [3.8, 4) is 0 Å². The van der Waals surface area contributed by atoms with Crippen molar-refractivity contribution < 1.29 is 17.9 Å². The number of rotatable bonds is 2. The lowest BCUT2D eigenvalue weighted by Gasteiger charge is -2.35. The number of anilines is 1. The quantitative estimate of drug-likeness (QED) is 0.804. The number of nitrogens with two attached hydrogens (primary N) is 2. The number of hydrogen-bond acceptors (Lipinski definition) is 4. The van der Waals surface area contributed by atoms with E-state index in [1.54, 1.807) is 6.92 Å². The highest BCUT2D eigenvalue weighted by Crippen LogP contribution is 2.38. The molecule has 0 saturated carbocycles.